The van der Waals surface area contributed by atoms with Crippen molar-refractivity contribution in [1.82, 2.24) is 9.80 Å². The smallest absolute Gasteiger partial charge is 0.282 e. The minimum Gasteiger partial charge on any atom is -0.373 e. The molecule has 8 nitrogen and oxygen atoms in total. The molecule has 3 heterocycles. The van der Waals surface area contributed by atoms with E-state index in [0.29, 0.717) is 19.1 Å². The van der Waals surface area contributed by atoms with Crippen LogP contribution in [0.3, 0.4) is 0 Å². The highest BCUT2D eigenvalue weighted by molar-refractivity contribution is 5.99. The van der Waals surface area contributed by atoms with Crippen LogP contribution in [-0.2, 0) is 4.74 Å². The molecule has 1 aromatic carbocycles. The lowest BCUT2D eigenvalue weighted by Crippen LogP contribution is -2.48. The first-order valence-electron chi connectivity index (χ1n) is 9.19. The number of ether oxygens (including phenoxy) is 1. The molecule has 8 heteroatoms. The van der Waals surface area contributed by atoms with Gasteiger partial charge in [0.05, 0.1) is 23.7 Å². The number of carbonyl (C=O) groups is 1. The van der Waals surface area contributed by atoms with Gasteiger partial charge in [0.1, 0.15) is 5.56 Å². The van der Waals surface area contributed by atoms with Crippen LogP contribution in [0.2, 0.25) is 0 Å². The maximum atomic E-state index is 12.8. The number of nitrogens with zero attached hydrogens (tertiary/aromatic N) is 4. The normalized spacial score (nSPS) is 26.2. The van der Waals surface area contributed by atoms with Crippen LogP contribution in [0.25, 0.3) is 0 Å². The zero-order valence-corrected chi connectivity index (χ0v) is 15.0. The summed E-state index contributed by atoms with van der Waals surface area (Å²) in [6, 6.07) is 5.22. The summed E-state index contributed by atoms with van der Waals surface area (Å²) < 4.78 is 5.88. The maximum absolute atomic E-state index is 12.8. The van der Waals surface area contributed by atoms with E-state index in [2.05, 4.69) is 16.8 Å². The Morgan fingerprint density at radius 2 is 2.00 bits per heavy atom. The molecule has 140 valence electrons. The maximum Gasteiger partial charge on any atom is 0.282 e. The Hall–Kier alpha value is -2.19. The Bertz CT molecular complexity index is 719. The molecule has 1 aromatic rings. The Kier molecular flexibility index (Phi) is 4.54. The third-order valence-corrected chi connectivity index (χ3v) is 5.74. The Morgan fingerprint density at radius 3 is 2.69 bits per heavy atom. The van der Waals surface area contributed by atoms with Crippen LogP contribution in [0.1, 0.15) is 23.2 Å². The number of benzene rings is 1. The fraction of sp³-hybridized carbons (Fsp3) is 0.611. The number of hydrogen-bond donors (Lipinski definition) is 0. The SMILES string of the molecule is CN1CCOC2CN(c3ccc([N+](=O)[O-])c(C(=O)N4CCCC4)c3)CC21. The van der Waals surface area contributed by atoms with Crippen LogP contribution in [0.4, 0.5) is 11.4 Å². The number of fused-ring (bicyclic) bond motifs is 1. The molecule has 4 rings (SSSR count). The molecule has 0 N–H and O–H groups in total. The third kappa shape index (κ3) is 3.03. The van der Waals surface area contributed by atoms with Gasteiger partial charge in [-0.3, -0.25) is 19.8 Å². The van der Waals surface area contributed by atoms with E-state index in [0.717, 1.165) is 44.8 Å². The fourth-order valence-corrected chi connectivity index (χ4v) is 4.21. The van der Waals surface area contributed by atoms with E-state index in [1.807, 2.05) is 0 Å². The largest absolute Gasteiger partial charge is 0.373 e. The van der Waals surface area contributed by atoms with Gasteiger partial charge in [-0.05, 0) is 32.0 Å². The van der Waals surface area contributed by atoms with Gasteiger partial charge in [0.15, 0.2) is 0 Å². The highest BCUT2D eigenvalue weighted by atomic mass is 16.6. The second-order valence-corrected chi connectivity index (χ2v) is 7.32. The Balaban J connectivity index is 1.62. The minimum atomic E-state index is -0.465. The molecular weight excluding hydrogens is 336 g/mol. The van der Waals surface area contributed by atoms with Gasteiger partial charge in [0.25, 0.3) is 11.6 Å². The molecule has 2 unspecified atom stereocenters. The second kappa shape index (κ2) is 6.85. The van der Waals surface area contributed by atoms with Gasteiger partial charge in [0, 0.05) is 44.5 Å². The monoisotopic (exact) mass is 360 g/mol. The average Bonchev–Trinajstić information content (AvgIpc) is 3.31. The fourth-order valence-electron chi connectivity index (χ4n) is 4.21. The predicted octanol–water partition coefficient (Wildman–Crippen LogP) is 1.35. The first-order valence-corrected chi connectivity index (χ1v) is 9.19. The summed E-state index contributed by atoms with van der Waals surface area (Å²) in [5.41, 5.74) is 0.929. The van der Waals surface area contributed by atoms with Gasteiger partial charge in [-0.1, -0.05) is 0 Å². The van der Waals surface area contributed by atoms with Gasteiger partial charge in [-0.2, -0.15) is 0 Å². The number of nitro benzene ring substituents is 1. The first kappa shape index (κ1) is 17.2. The third-order valence-electron chi connectivity index (χ3n) is 5.74. The molecule has 3 aliphatic rings. The number of likely N-dealkylation sites (tertiary alicyclic amines) is 1. The van der Waals surface area contributed by atoms with Crippen LogP contribution in [0, 0.1) is 10.1 Å². The molecule has 3 fully saturated rings. The zero-order chi connectivity index (χ0) is 18.3. The molecule has 0 saturated carbocycles. The standard InChI is InChI=1S/C18H24N4O4/c1-19-8-9-26-17-12-21(11-16(17)19)13-4-5-15(22(24)25)14(10-13)18(23)20-6-2-3-7-20/h4-5,10,16-17H,2-3,6-9,11-12H2,1H3. The van der Waals surface area contributed by atoms with Crippen molar-refractivity contribution in [3.63, 3.8) is 0 Å². The van der Waals surface area contributed by atoms with Gasteiger partial charge < -0.3 is 14.5 Å². The summed E-state index contributed by atoms with van der Waals surface area (Å²) in [5.74, 6) is -0.235. The number of carbonyl (C=O) groups excluding carboxylic acids is 1. The predicted molar refractivity (Wildman–Crippen MR) is 96.6 cm³/mol. The van der Waals surface area contributed by atoms with E-state index in [9.17, 15) is 14.9 Å². The van der Waals surface area contributed by atoms with E-state index in [1.54, 1.807) is 17.0 Å². The number of hydrogen-bond acceptors (Lipinski definition) is 6. The second-order valence-electron chi connectivity index (χ2n) is 7.32. The van der Waals surface area contributed by atoms with Crippen LogP contribution < -0.4 is 4.90 Å². The highest BCUT2D eigenvalue weighted by Crippen LogP contribution is 2.31. The lowest BCUT2D eigenvalue weighted by Gasteiger charge is -2.33. The Morgan fingerprint density at radius 1 is 1.23 bits per heavy atom. The number of anilines is 1. The van der Waals surface area contributed by atoms with Crippen molar-refractivity contribution < 1.29 is 14.5 Å². The molecule has 1 amide bonds. The summed E-state index contributed by atoms with van der Waals surface area (Å²) >= 11 is 0. The van der Waals surface area contributed by atoms with Crippen molar-refractivity contribution in [2.75, 3.05) is 51.3 Å². The summed E-state index contributed by atoms with van der Waals surface area (Å²) in [7, 11) is 2.10. The van der Waals surface area contributed by atoms with Gasteiger partial charge in [-0.25, -0.2) is 0 Å². The van der Waals surface area contributed by atoms with Crippen LogP contribution in [-0.4, -0.2) is 79.2 Å². The van der Waals surface area contributed by atoms with Crippen LogP contribution >= 0.6 is 0 Å². The van der Waals surface area contributed by atoms with E-state index >= 15 is 0 Å². The van der Waals surface area contributed by atoms with E-state index in [-0.39, 0.29) is 23.3 Å². The van der Waals surface area contributed by atoms with E-state index in [1.165, 1.54) is 6.07 Å². The summed E-state index contributed by atoms with van der Waals surface area (Å²) in [5, 5.41) is 11.4. The molecule has 2 atom stereocenters. The topological polar surface area (TPSA) is 79.2 Å². The number of rotatable bonds is 3. The number of likely N-dealkylation sites (N-methyl/N-ethyl adjacent to an activating group) is 1. The molecule has 0 spiro atoms. The highest BCUT2D eigenvalue weighted by Gasteiger charge is 2.39. The summed E-state index contributed by atoms with van der Waals surface area (Å²) in [6.45, 7) is 4.53. The number of amides is 1. The summed E-state index contributed by atoms with van der Waals surface area (Å²) in [6.07, 6.45) is 2.05. The molecular formula is C18H24N4O4. The van der Waals surface area contributed by atoms with Gasteiger partial charge >= 0.3 is 0 Å². The lowest BCUT2D eigenvalue weighted by atomic mass is 10.1. The van der Waals surface area contributed by atoms with Crippen molar-refractivity contribution in [3.8, 4) is 0 Å². The molecule has 3 saturated heterocycles. The molecule has 0 aliphatic carbocycles. The number of nitro groups is 1. The minimum absolute atomic E-state index is 0.115. The quantitative estimate of drug-likeness (QED) is 0.598. The van der Waals surface area contributed by atoms with E-state index in [4.69, 9.17) is 4.74 Å². The lowest BCUT2D eigenvalue weighted by molar-refractivity contribution is -0.385. The zero-order valence-electron chi connectivity index (χ0n) is 15.0. The Labute approximate surface area is 152 Å². The summed E-state index contributed by atoms with van der Waals surface area (Å²) in [4.78, 5) is 29.9. The molecule has 26 heavy (non-hydrogen) atoms. The van der Waals surface area contributed by atoms with Gasteiger partial charge in [-0.15, -0.1) is 0 Å². The van der Waals surface area contributed by atoms with Crippen molar-refractivity contribution >= 4 is 17.3 Å². The van der Waals surface area contributed by atoms with Crippen LogP contribution in [0.5, 0.6) is 0 Å². The van der Waals surface area contributed by atoms with Crippen molar-refractivity contribution in [2.24, 2.45) is 0 Å². The van der Waals surface area contributed by atoms with Crippen LogP contribution in [0.15, 0.2) is 18.2 Å². The molecule has 0 bridgehead atoms. The van der Waals surface area contributed by atoms with Crippen molar-refractivity contribution in [1.29, 1.82) is 0 Å². The molecule has 0 aromatic heterocycles. The average molecular weight is 360 g/mol. The van der Waals surface area contributed by atoms with Crippen molar-refractivity contribution in [2.45, 2.75) is 25.0 Å². The molecule has 3 aliphatic heterocycles. The first-order chi connectivity index (χ1) is 12.5. The molecule has 0 radical (unpaired) electrons. The van der Waals surface area contributed by atoms with Crippen molar-refractivity contribution in [3.05, 3.63) is 33.9 Å². The van der Waals surface area contributed by atoms with Gasteiger partial charge in [0.2, 0.25) is 0 Å². The number of morpholine rings is 1. The van der Waals surface area contributed by atoms with E-state index < -0.39 is 4.92 Å².